The summed E-state index contributed by atoms with van der Waals surface area (Å²) in [6.45, 7) is 5.98. The lowest BCUT2D eigenvalue weighted by Gasteiger charge is -2.12. The number of pyridine rings is 1. The van der Waals surface area contributed by atoms with Crippen molar-refractivity contribution in [3.8, 4) is 0 Å². The van der Waals surface area contributed by atoms with Crippen molar-refractivity contribution in [1.82, 2.24) is 15.6 Å². The van der Waals surface area contributed by atoms with Gasteiger partial charge in [-0.3, -0.25) is 9.98 Å². The standard InChI is InChI=1S/C19H26N4.HI/c1-15-7-8-17(16(2)14-15)9-12-22-19(20-3)23-13-10-18-6-4-5-11-21-18;/h4-8,11,14H,9-10,12-13H2,1-3H3,(H2,20,22,23);1H. The van der Waals surface area contributed by atoms with Gasteiger partial charge in [0.1, 0.15) is 0 Å². The zero-order valence-corrected chi connectivity index (χ0v) is 17.0. The SMILES string of the molecule is CN=C(NCCc1ccccn1)NCCc1ccc(C)cc1C.I. The van der Waals surface area contributed by atoms with Crippen LogP contribution in [0.4, 0.5) is 0 Å². The van der Waals surface area contributed by atoms with Gasteiger partial charge in [0.05, 0.1) is 0 Å². The van der Waals surface area contributed by atoms with Crippen LogP contribution in [0.15, 0.2) is 47.6 Å². The molecule has 0 saturated carbocycles. The normalized spacial score (nSPS) is 10.9. The van der Waals surface area contributed by atoms with E-state index in [1.54, 1.807) is 7.05 Å². The maximum atomic E-state index is 4.32. The quantitative estimate of drug-likeness (QED) is 0.414. The second-order valence-electron chi connectivity index (χ2n) is 5.68. The van der Waals surface area contributed by atoms with Crippen LogP contribution in [0.2, 0.25) is 0 Å². The molecule has 0 atom stereocenters. The third-order valence-corrected chi connectivity index (χ3v) is 3.81. The third kappa shape index (κ3) is 6.86. The van der Waals surface area contributed by atoms with Crippen LogP contribution in [-0.4, -0.2) is 31.1 Å². The number of aliphatic imine (C=N–C) groups is 1. The number of hydrogen-bond acceptors (Lipinski definition) is 2. The summed E-state index contributed by atoms with van der Waals surface area (Å²) in [5.74, 6) is 0.839. The molecule has 2 aromatic rings. The van der Waals surface area contributed by atoms with Crippen molar-refractivity contribution in [2.24, 2.45) is 4.99 Å². The highest BCUT2D eigenvalue weighted by Gasteiger charge is 2.01. The molecule has 0 radical (unpaired) electrons. The molecule has 0 aliphatic rings. The van der Waals surface area contributed by atoms with Gasteiger partial charge in [-0.2, -0.15) is 0 Å². The summed E-state index contributed by atoms with van der Waals surface area (Å²) in [5, 5.41) is 6.69. The van der Waals surface area contributed by atoms with Crippen molar-refractivity contribution in [2.45, 2.75) is 26.7 Å². The van der Waals surface area contributed by atoms with Crippen LogP contribution in [-0.2, 0) is 12.8 Å². The first-order valence-corrected chi connectivity index (χ1v) is 8.09. The van der Waals surface area contributed by atoms with E-state index >= 15 is 0 Å². The zero-order chi connectivity index (χ0) is 16.5. The summed E-state index contributed by atoms with van der Waals surface area (Å²) in [7, 11) is 1.80. The first kappa shape index (κ1) is 20.4. The van der Waals surface area contributed by atoms with Gasteiger partial charge in [0.25, 0.3) is 0 Å². The molecule has 0 amide bonds. The van der Waals surface area contributed by atoms with Crippen LogP contribution >= 0.6 is 24.0 Å². The van der Waals surface area contributed by atoms with Gasteiger partial charge in [-0.25, -0.2) is 0 Å². The molecule has 1 heterocycles. The Labute approximate surface area is 162 Å². The molecule has 0 aliphatic heterocycles. The van der Waals surface area contributed by atoms with Gasteiger partial charge >= 0.3 is 0 Å². The average Bonchev–Trinajstić information content (AvgIpc) is 2.56. The van der Waals surface area contributed by atoms with Crippen LogP contribution in [0.5, 0.6) is 0 Å². The van der Waals surface area contributed by atoms with E-state index in [1.165, 1.54) is 16.7 Å². The van der Waals surface area contributed by atoms with E-state index in [0.717, 1.165) is 37.6 Å². The Morgan fingerprint density at radius 2 is 1.79 bits per heavy atom. The lowest BCUT2D eigenvalue weighted by molar-refractivity contribution is 0.775. The fourth-order valence-corrected chi connectivity index (χ4v) is 2.52. The Bertz CT molecular complexity index is 641. The van der Waals surface area contributed by atoms with Crippen molar-refractivity contribution < 1.29 is 0 Å². The van der Waals surface area contributed by atoms with Crippen molar-refractivity contribution >= 4 is 29.9 Å². The smallest absolute Gasteiger partial charge is 0.190 e. The number of rotatable bonds is 6. The molecule has 1 aromatic carbocycles. The summed E-state index contributed by atoms with van der Waals surface area (Å²) in [5.41, 5.74) is 5.13. The van der Waals surface area contributed by atoms with Gasteiger partial charge in [0.2, 0.25) is 0 Å². The van der Waals surface area contributed by atoms with E-state index in [0.29, 0.717) is 0 Å². The summed E-state index contributed by atoms with van der Waals surface area (Å²) in [4.78, 5) is 8.58. The Morgan fingerprint density at radius 1 is 1.04 bits per heavy atom. The molecule has 2 N–H and O–H groups in total. The number of guanidine groups is 1. The van der Waals surface area contributed by atoms with E-state index in [1.807, 2.05) is 24.4 Å². The van der Waals surface area contributed by atoms with Crippen molar-refractivity contribution in [1.29, 1.82) is 0 Å². The van der Waals surface area contributed by atoms with Gasteiger partial charge in [-0.05, 0) is 43.5 Å². The summed E-state index contributed by atoms with van der Waals surface area (Å²) < 4.78 is 0. The predicted octanol–water partition coefficient (Wildman–Crippen LogP) is 3.27. The molecule has 0 aliphatic carbocycles. The topological polar surface area (TPSA) is 49.3 Å². The van der Waals surface area contributed by atoms with E-state index < -0.39 is 0 Å². The van der Waals surface area contributed by atoms with Gasteiger partial charge in [-0.15, -0.1) is 24.0 Å². The third-order valence-electron chi connectivity index (χ3n) is 3.81. The van der Waals surface area contributed by atoms with Crippen LogP contribution in [0.1, 0.15) is 22.4 Å². The maximum Gasteiger partial charge on any atom is 0.190 e. The number of nitrogens with zero attached hydrogens (tertiary/aromatic N) is 2. The molecule has 4 nitrogen and oxygen atoms in total. The molecule has 0 fully saturated rings. The first-order valence-electron chi connectivity index (χ1n) is 8.09. The number of aryl methyl sites for hydroxylation is 2. The Morgan fingerprint density at radius 3 is 2.42 bits per heavy atom. The van der Waals surface area contributed by atoms with E-state index in [9.17, 15) is 0 Å². The highest BCUT2D eigenvalue weighted by atomic mass is 127. The molecule has 130 valence electrons. The minimum absolute atomic E-state index is 0. The highest BCUT2D eigenvalue weighted by Crippen LogP contribution is 2.10. The van der Waals surface area contributed by atoms with E-state index in [-0.39, 0.29) is 24.0 Å². The van der Waals surface area contributed by atoms with Gasteiger partial charge in [0, 0.05) is 38.4 Å². The van der Waals surface area contributed by atoms with Gasteiger partial charge in [0.15, 0.2) is 5.96 Å². The van der Waals surface area contributed by atoms with E-state index in [4.69, 9.17) is 0 Å². The molecular formula is C19H27IN4. The molecule has 24 heavy (non-hydrogen) atoms. The lowest BCUT2D eigenvalue weighted by Crippen LogP contribution is -2.39. The van der Waals surface area contributed by atoms with Crippen molar-refractivity contribution in [3.05, 3.63) is 65.0 Å². The number of halogens is 1. The second kappa shape index (κ2) is 11.0. The molecule has 0 unspecified atom stereocenters. The fraction of sp³-hybridized carbons (Fsp3) is 0.368. The highest BCUT2D eigenvalue weighted by molar-refractivity contribution is 14.0. The molecule has 5 heteroatoms. The lowest BCUT2D eigenvalue weighted by atomic mass is 10.0. The minimum Gasteiger partial charge on any atom is -0.356 e. The molecule has 0 spiro atoms. The number of benzene rings is 1. The Balaban J connectivity index is 0.00000288. The van der Waals surface area contributed by atoms with E-state index in [2.05, 4.69) is 52.7 Å². The second-order valence-corrected chi connectivity index (χ2v) is 5.68. The predicted molar refractivity (Wildman–Crippen MR) is 112 cm³/mol. The van der Waals surface area contributed by atoms with Crippen molar-refractivity contribution in [2.75, 3.05) is 20.1 Å². The van der Waals surface area contributed by atoms with Crippen LogP contribution in [0.25, 0.3) is 0 Å². The van der Waals surface area contributed by atoms with Crippen molar-refractivity contribution in [3.63, 3.8) is 0 Å². The average molecular weight is 438 g/mol. The molecule has 0 bridgehead atoms. The number of hydrogen-bond donors (Lipinski definition) is 2. The number of aromatic nitrogens is 1. The molecule has 2 rings (SSSR count). The van der Waals surface area contributed by atoms with Gasteiger partial charge in [-0.1, -0.05) is 29.8 Å². The Kier molecular flexibility index (Phi) is 9.37. The number of nitrogens with one attached hydrogen (secondary N) is 2. The molecule has 1 aromatic heterocycles. The molecular weight excluding hydrogens is 411 g/mol. The van der Waals surface area contributed by atoms with Crippen LogP contribution < -0.4 is 10.6 Å². The monoisotopic (exact) mass is 438 g/mol. The van der Waals surface area contributed by atoms with Crippen LogP contribution in [0.3, 0.4) is 0 Å². The largest absolute Gasteiger partial charge is 0.356 e. The first-order chi connectivity index (χ1) is 11.2. The summed E-state index contributed by atoms with van der Waals surface area (Å²) >= 11 is 0. The Hall–Kier alpha value is -1.63. The summed E-state index contributed by atoms with van der Waals surface area (Å²) in [6.07, 6.45) is 3.71. The fourth-order valence-electron chi connectivity index (χ4n) is 2.52. The maximum absolute atomic E-state index is 4.32. The van der Waals surface area contributed by atoms with Crippen LogP contribution in [0, 0.1) is 13.8 Å². The zero-order valence-electron chi connectivity index (χ0n) is 14.7. The summed E-state index contributed by atoms with van der Waals surface area (Å²) in [6, 6.07) is 12.6. The molecule has 0 saturated heterocycles. The minimum atomic E-state index is 0. The van der Waals surface area contributed by atoms with Gasteiger partial charge < -0.3 is 10.6 Å².